The number of hydrogen-bond donors (Lipinski definition) is 0. The van der Waals surface area contributed by atoms with Crippen LogP contribution in [0.5, 0.6) is 0 Å². The largest absolute Gasteiger partial charge is 0.431 e. The Morgan fingerprint density at radius 1 is 1.03 bits per heavy atom. The van der Waals surface area contributed by atoms with Crippen molar-refractivity contribution in [3.8, 4) is 0 Å². The highest BCUT2D eigenvalue weighted by Crippen LogP contribution is 2.35. The van der Waals surface area contributed by atoms with Gasteiger partial charge in [0, 0.05) is 11.7 Å². The van der Waals surface area contributed by atoms with E-state index in [1.54, 1.807) is 0 Å². The number of benzene rings is 1. The molecule has 0 spiro atoms. The quantitative estimate of drug-likeness (QED) is 0.248. The van der Waals surface area contributed by atoms with Crippen molar-refractivity contribution < 1.29 is 4.42 Å². The first-order valence-electron chi connectivity index (χ1n) is 11.4. The van der Waals surface area contributed by atoms with Gasteiger partial charge in [0.2, 0.25) is 0 Å². The SMILES string of the molecule is Cc1c(C)n(C2CCCCCC2)c2ncn3nc(CSc4nc5ccccc5o4)nc3c12. The normalized spacial score (nSPS) is 15.8. The van der Waals surface area contributed by atoms with Crippen molar-refractivity contribution in [1.29, 1.82) is 0 Å². The molecule has 8 heteroatoms. The molecule has 5 aromatic rings. The Kier molecular flexibility index (Phi) is 4.90. The van der Waals surface area contributed by atoms with Gasteiger partial charge < -0.3 is 8.98 Å². The fourth-order valence-corrected chi connectivity index (χ4v) is 5.68. The van der Waals surface area contributed by atoms with Gasteiger partial charge in [-0.3, -0.25) is 0 Å². The van der Waals surface area contributed by atoms with Crippen LogP contribution in [0, 0.1) is 13.8 Å². The molecule has 4 aromatic heterocycles. The summed E-state index contributed by atoms with van der Waals surface area (Å²) in [5, 5.41) is 6.45. The summed E-state index contributed by atoms with van der Waals surface area (Å²) < 4.78 is 10.1. The van der Waals surface area contributed by atoms with Crippen LogP contribution >= 0.6 is 11.8 Å². The summed E-state index contributed by atoms with van der Waals surface area (Å²) in [7, 11) is 0. The summed E-state index contributed by atoms with van der Waals surface area (Å²) in [6.07, 6.45) is 9.56. The van der Waals surface area contributed by atoms with Crippen molar-refractivity contribution in [3.05, 3.63) is 47.7 Å². The topological polar surface area (TPSA) is 74.0 Å². The summed E-state index contributed by atoms with van der Waals surface area (Å²) >= 11 is 1.52. The molecule has 0 radical (unpaired) electrons. The predicted molar refractivity (Wildman–Crippen MR) is 126 cm³/mol. The van der Waals surface area contributed by atoms with E-state index in [0.29, 0.717) is 17.0 Å². The lowest BCUT2D eigenvalue weighted by atomic mass is 10.1. The molecule has 4 heterocycles. The molecule has 1 aliphatic carbocycles. The Morgan fingerprint density at radius 2 is 1.84 bits per heavy atom. The van der Waals surface area contributed by atoms with E-state index in [2.05, 4.69) is 28.5 Å². The number of aromatic nitrogens is 6. The van der Waals surface area contributed by atoms with Crippen LogP contribution in [0.1, 0.15) is 61.6 Å². The minimum Gasteiger partial charge on any atom is -0.431 e. The van der Waals surface area contributed by atoms with Gasteiger partial charge in [0.1, 0.15) is 17.5 Å². The van der Waals surface area contributed by atoms with Gasteiger partial charge in [0.15, 0.2) is 17.1 Å². The van der Waals surface area contributed by atoms with E-state index in [-0.39, 0.29) is 0 Å². The minimum atomic E-state index is 0.528. The minimum absolute atomic E-state index is 0.528. The molecule has 164 valence electrons. The molecule has 0 amide bonds. The number of nitrogens with zero attached hydrogens (tertiary/aromatic N) is 6. The van der Waals surface area contributed by atoms with Crippen molar-refractivity contribution in [2.45, 2.75) is 69.4 Å². The van der Waals surface area contributed by atoms with E-state index in [0.717, 1.165) is 33.6 Å². The molecule has 7 nitrogen and oxygen atoms in total. The van der Waals surface area contributed by atoms with E-state index in [4.69, 9.17) is 14.4 Å². The molecule has 0 bridgehead atoms. The Labute approximate surface area is 190 Å². The summed E-state index contributed by atoms with van der Waals surface area (Å²) in [6.45, 7) is 4.41. The molecule has 0 saturated heterocycles. The zero-order valence-corrected chi connectivity index (χ0v) is 19.2. The third-order valence-electron chi connectivity index (χ3n) is 6.71. The Hall–Kier alpha value is -2.87. The molecule has 0 atom stereocenters. The Bertz CT molecular complexity index is 1390. The highest BCUT2D eigenvalue weighted by Gasteiger charge is 2.23. The van der Waals surface area contributed by atoms with Crippen molar-refractivity contribution in [2.75, 3.05) is 0 Å². The first-order chi connectivity index (χ1) is 15.7. The molecule has 0 unspecified atom stereocenters. The number of para-hydroxylation sites is 2. The second-order valence-corrected chi connectivity index (χ2v) is 9.63. The van der Waals surface area contributed by atoms with Crippen LogP contribution in [0.25, 0.3) is 27.8 Å². The smallest absolute Gasteiger partial charge is 0.257 e. The van der Waals surface area contributed by atoms with E-state index in [1.807, 2.05) is 35.1 Å². The molecule has 32 heavy (non-hydrogen) atoms. The third-order valence-corrected chi connectivity index (χ3v) is 7.53. The monoisotopic (exact) mass is 446 g/mol. The van der Waals surface area contributed by atoms with Crippen LogP contribution < -0.4 is 0 Å². The number of fused-ring (bicyclic) bond motifs is 4. The van der Waals surface area contributed by atoms with Gasteiger partial charge in [0.05, 0.1) is 11.1 Å². The van der Waals surface area contributed by atoms with E-state index in [9.17, 15) is 0 Å². The maximum absolute atomic E-state index is 5.82. The van der Waals surface area contributed by atoms with Crippen molar-refractivity contribution in [2.24, 2.45) is 0 Å². The van der Waals surface area contributed by atoms with Gasteiger partial charge in [-0.25, -0.2) is 19.5 Å². The molecule has 6 rings (SSSR count). The second-order valence-electron chi connectivity index (χ2n) is 8.70. The third kappa shape index (κ3) is 3.28. The van der Waals surface area contributed by atoms with Gasteiger partial charge in [-0.1, -0.05) is 49.6 Å². The Balaban J connectivity index is 1.35. The lowest BCUT2D eigenvalue weighted by molar-refractivity contribution is 0.446. The summed E-state index contributed by atoms with van der Waals surface area (Å²) in [4.78, 5) is 14.3. The number of hydrogen-bond acceptors (Lipinski definition) is 6. The van der Waals surface area contributed by atoms with E-state index >= 15 is 0 Å². The lowest BCUT2D eigenvalue weighted by Crippen LogP contribution is -2.10. The zero-order chi connectivity index (χ0) is 21.7. The molecule has 0 N–H and O–H groups in total. The van der Waals surface area contributed by atoms with Crippen LogP contribution in [0.4, 0.5) is 0 Å². The fraction of sp³-hybridized carbons (Fsp3) is 0.417. The Morgan fingerprint density at radius 3 is 2.66 bits per heavy atom. The van der Waals surface area contributed by atoms with Gasteiger partial charge in [-0.15, -0.1) is 5.10 Å². The van der Waals surface area contributed by atoms with Crippen molar-refractivity contribution >= 4 is 39.5 Å². The predicted octanol–water partition coefficient (Wildman–Crippen LogP) is 6.02. The highest BCUT2D eigenvalue weighted by molar-refractivity contribution is 7.98. The molecule has 1 aliphatic rings. The number of oxazole rings is 1. The van der Waals surface area contributed by atoms with Crippen LogP contribution in [-0.2, 0) is 5.75 Å². The molecular weight excluding hydrogens is 420 g/mol. The number of aryl methyl sites for hydroxylation is 1. The van der Waals surface area contributed by atoms with Crippen LogP contribution in [0.15, 0.2) is 40.2 Å². The summed E-state index contributed by atoms with van der Waals surface area (Å²) in [5.41, 5.74) is 6.16. The second kappa shape index (κ2) is 7.92. The van der Waals surface area contributed by atoms with Gasteiger partial charge >= 0.3 is 0 Å². The molecule has 1 saturated carbocycles. The van der Waals surface area contributed by atoms with E-state index in [1.165, 1.54) is 61.5 Å². The molecule has 1 aromatic carbocycles. The summed E-state index contributed by atoms with van der Waals surface area (Å²) in [5.74, 6) is 1.35. The van der Waals surface area contributed by atoms with Gasteiger partial charge in [0.25, 0.3) is 5.22 Å². The van der Waals surface area contributed by atoms with Crippen molar-refractivity contribution in [3.63, 3.8) is 0 Å². The van der Waals surface area contributed by atoms with E-state index < -0.39 is 0 Å². The number of thioether (sulfide) groups is 1. The van der Waals surface area contributed by atoms with Gasteiger partial charge in [-0.05, 0) is 44.4 Å². The maximum atomic E-state index is 5.82. The van der Waals surface area contributed by atoms with Crippen LogP contribution in [0.2, 0.25) is 0 Å². The summed E-state index contributed by atoms with van der Waals surface area (Å²) in [6, 6.07) is 8.34. The van der Waals surface area contributed by atoms with Gasteiger partial charge in [-0.2, -0.15) is 0 Å². The standard InChI is InChI=1S/C24H26N6OS/c1-15-16(2)30(17-9-5-3-4-6-10-17)22-21(15)23-27-20(28-29(23)14-25-22)13-32-24-26-18-11-7-8-12-19(18)31-24/h7-8,11-12,14,17H,3-6,9-10,13H2,1-2H3. The molecular formula is C24H26N6OS. The average Bonchev–Trinajstić information content (AvgIpc) is 3.40. The average molecular weight is 447 g/mol. The first kappa shape index (κ1) is 19.8. The van der Waals surface area contributed by atoms with Crippen LogP contribution in [-0.4, -0.2) is 29.1 Å². The van der Waals surface area contributed by atoms with Crippen LogP contribution in [0.3, 0.4) is 0 Å². The highest BCUT2D eigenvalue weighted by atomic mass is 32.2. The molecule has 1 fully saturated rings. The first-order valence-corrected chi connectivity index (χ1v) is 12.4. The molecule has 0 aliphatic heterocycles. The maximum Gasteiger partial charge on any atom is 0.257 e. The zero-order valence-electron chi connectivity index (χ0n) is 18.4. The lowest BCUT2D eigenvalue weighted by Gasteiger charge is -2.19. The number of rotatable bonds is 4. The fourth-order valence-electron chi connectivity index (χ4n) is 4.99. The van der Waals surface area contributed by atoms with Crippen molar-refractivity contribution in [1.82, 2.24) is 29.1 Å².